The normalized spacial score (nSPS) is 20.1. The van der Waals surface area contributed by atoms with Crippen LogP contribution in [0.1, 0.15) is 18.4 Å². The Labute approximate surface area is 126 Å². The van der Waals surface area contributed by atoms with Crippen molar-refractivity contribution in [2.24, 2.45) is 5.73 Å². The van der Waals surface area contributed by atoms with Crippen molar-refractivity contribution in [3.63, 3.8) is 0 Å². The molecule has 1 aliphatic heterocycles. The quantitative estimate of drug-likeness (QED) is 0.825. The van der Waals surface area contributed by atoms with E-state index in [0.29, 0.717) is 13.0 Å². The zero-order valence-corrected chi connectivity index (χ0v) is 12.7. The lowest BCUT2D eigenvalue weighted by Crippen LogP contribution is -2.46. The van der Waals surface area contributed by atoms with Crippen molar-refractivity contribution in [2.45, 2.75) is 31.3 Å². The summed E-state index contributed by atoms with van der Waals surface area (Å²) in [6.45, 7) is 0.650. The summed E-state index contributed by atoms with van der Waals surface area (Å²) in [4.78, 5) is 13.9. The van der Waals surface area contributed by atoms with Crippen LogP contribution >= 0.6 is 22.6 Å². The number of hydrogen-bond donors (Lipinski definition) is 1. The van der Waals surface area contributed by atoms with Gasteiger partial charge in [-0.15, -0.1) is 0 Å². The molecule has 1 amide bonds. The monoisotopic (exact) mass is 369 g/mol. The van der Waals surface area contributed by atoms with E-state index in [-0.39, 0.29) is 11.9 Å². The number of carbonyl (C=O) groups is 1. The molecule has 1 saturated heterocycles. The summed E-state index contributed by atoms with van der Waals surface area (Å²) >= 11 is 2.24. The summed E-state index contributed by atoms with van der Waals surface area (Å²) in [6, 6.07) is 9.29. The van der Waals surface area contributed by atoms with Gasteiger partial charge < -0.3 is 10.6 Å². The Morgan fingerprint density at radius 2 is 2.21 bits per heavy atom. The van der Waals surface area contributed by atoms with Crippen LogP contribution in [0.4, 0.5) is 0 Å². The maximum absolute atomic E-state index is 12.2. The zero-order valence-electron chi connectivity index (χ0n) is 10.6. The summed E-state index contributed by atoms with van der Waals surface area (Å²) in [7, 11) is 0. The summed E-state index contributed by atoms with van der Waals surface area (Å²) in [5, 5.41) is 9.00. The highest BCUT2D eigenvalue weighted by Gasteiger charge is 2.31. The SMILES string of the molecule is N#CC1CCCN1C(=O)[C@@H](N)Cc1ccc(I)cc1. The first-order valence-electron chi connectivity index (χ1n) is 6.32. The third-order valence-corrected chi connectivity index (χ3v) is 4.09. The van der Waals surface area contributed by atoms with Gasteiger partial charge in [-0.05, 0) is 59.5 Å². The molecule has 1 fully saturated rings. The molecule has 4 nitrogen and oxygen atoms in total. The van der Waals surface area contributed by atoms with Gasteiger partial charge in [0.25, 0.3) is 0 Å². The molecule has 1 aromatic carbocycles. The molecule has 1 aromatic rings. The van der Waals surface area contributed by atoms with Crippen LogP contribution in [0, 0.1) is 14.9 Å². The fraction of sp³-hybridized carbons (Fsp3) is 0.429. The number of carbonyl (C=O) groups excluding carboxylic acids is 1. The van der Waals surface area contributed by atoms with Gasteiger partial charge >= 0.3 is 0 Å². The molecule has 0 aliphatic carbocycles. The first kappa shape index (κ1) is 14.3. The maximum Gasteiger partial charge on any atom is 0.240 e. The largest absolute Gasteiger partial charge is 0.325 e. The first-order valence-corrected chi connectivity index (χ1v) is 7.40. The molecular weight excluding hydrogens is 353 g/mol. The van der Waals surface area contributed by atoms with Gasteiger partial charge in [0, 0.05) is 10.1 Å². The molecule has 2 rings (SSSR count). The molecule has 0 bridgehead atoms. The molecule has 100 valence electrons. The minimum Gasteiger partial charge on any atom is -0.325 e. The van der Waals surface area contributed by atoms with Gasteiger partial charge in [0.1, 0.15) is 6.04 Å². The van der Waals surface area contributed by atoms with Crippen molar-refractivity contribution in [3.05, 3.63) is 33.4 Å². The summed E-state index contributed by atoms with van der Waals surface area (Å²) < 4.78 is 1.16. The molecule has 19 heavy (non-hydrogen) atoms. The van der Waals surface area contributed by atoms with E-state index >= 15 is 0 Å². The van der Waals surface area contributed by atoms with Crippen LogP contribution in [-0.4, -0.2) is 29.4 Å². The van der Waals surface area contributed by atoms with Gasteiger partial charge in [0.2, 0.25) is 5.91 Å². The Hall–Kier alpha value is -1.13. The van der Waals surface area contributed by atoms with Gasteiger partial charge in [0.15, 0.2) is 0 Å². The van der Waals surface area contributed by atoms with E-state index in [0.717, 1.165) is 22.0 Å². The molecule has 1 aliphatic rings. The second-order valence-electron chi connectivity index (χ2n) is 4.76. The lowest BCUT2D eigenvalue weighted by Gasteiger charge is -2.23. The second kappa shape index (κ2) is 6.35. The van der Waals surface area contributed by atoms with Crippen molar-refractivity contribution in [1.82, 2.24) is 4.90 Å². The Kier molecular flexibility index (Phi) is 4.77. The van der Waals surface area contributed by atoms with Gasteiger partial charge in [-0.25, -0.2) is 0 Å². The fourth-order valence-corrected chi connectivity index (χ4v) is 2.70. The Morgan fingerprint density at radius 3 is 2.84 bits per heavy atom. The first-order chi connectivity index (χ1) is 9.11. The second-order valence-corrected chi connectivity index (χ2v) is 6.00. The topological polar surface area (TPSA) is 70.1 Å². The molecule has 0 saturated carbocycles. The molecule has 1 heterocycles. The fourth-order valence-electron chi connectivity index (χ4n) is 2.34. The van der Waals surface area contributed by atoms with Crippen molar-refractivity contribution in [3.8, 4) is 6.07 Å². The molecule has 1 unspecified atom stereocenters. The van der Waals surface area contributed by atoms with E-state index in [4.69, 9.17) is 11.0 Å². The zero-order chi connectivity index (χ0) is 13.8. The summed E-state index contributed by atoms with van der Waals surface area (Å²) in [6.07, 6.45) is 2.17. The summed E-state index contributed by atoms with van der Waals surface area (Å²) in [5.74, 6) is -0.109. The van der Waals surface area contributed by atoms with Crippen LogP contribution in [0.3, 0.4) is 0 Å². The maximum atomic E-state index is 12.2. The Bertz CT molecular complexity index is 494. The minimum atomic E-state index is -0.561. The standard InChI is InChI=1S/C14H16IN3O/c15-11-5-3-10(4-6-11)8-13(17)14(19)18-7-1-2-12(18)9-16/h3-6,12-13H,1-2,7-8,17H2/t12?,13-/m0/s1. The predicted octanol–water partition coefficient (Wildman–Crippen LogP) is 1.68. The highest BCUT2D eigenvalue weighted by Crippen LogP contribution is 2.18. The minimum absolute atomic E-state index is 0.109. The molecule has 2 atom stereocenters. The van der Waals surface area contributed by atoms with Crippen molar-refractivity contribution >= 4 is 28.5 Å². The molecule has 0 spiro atoms. The smallest absolute Gasteiger partial charge is 0.240 e. The number of nitrogens with two attached hydrogens (primary N) is 1. The van der Waals surface area contributed by atoms with Crippen LogP contribution in [0.5, 0.6) is 0 Å². The Morgan fingerprint density at radius 1 is 1.53 bits per heavy atom. The van der Waals surface area contributed by atoms with Crippen LogP contribution in [0.15, 0.2) is 24.3 Å². The van der Waals surface area contributed by atoms with E-state index in [1.165, 1.54) is 0 Å². The van der Waals surface area contributed by atoms with Crippen LogP contribution < -0.4 is 5.73 Å². The third kappa shape index (κ3) is 3.45. The van der Waals surface area contributed by atoms with Crippen molar-refractivity contribution in [2.75, 3.05) is 6.54 Å². The number of halogens is 1. The highest BCUT2D eigenvalue weighted by molar-refractivity contribution is 14.1. The van der Waals surface area contributed by atoms with E-state index in [9.17, 15) is 4.79 Å². The van der Waals surface area contributed by atoms with Gasteiger partial charge in [-0.1, -0.05) is 12.1 Å². The van der Waals surface area contributed by atoms with E-state index in [2.05, 4.69) is 28.7 Å². The van der Waals surface area contributed by atoms with Crippen LogP contribution in [0.25, 0.3) is 0 Å². The lowest BCUT2D eigenvalue weighted by molar-refractivity contribution is -0.132. The number of likely N-dealkylation sites (tertiary alicyclic amines) is 1. The van der Waals surface area contributed by atoms with Crippen LogP contribution in [0.2, 0.25) is 0 Å². The van der Waals surface area contributed by atoms with Gasteiger partial charge in [-0.3, -0.25) is 4.79 Å². The average Bonchev–Trinajstić information content (AvgIpc) is 2.88. The average molecular weight is 369 g/mol. The molecular formula is C14H16IN3O. The molecule has 2 N–H and O–H groups in total. The Balaban J connectivity index is 1.99. The predicted molar refractivity (Wildman–Crippen MR) is 81.2 cm³/mol. The van der Waals surface area contributed by atoms with E-state index < -0.39 is 6.04 Å². The number of nitrogens with zero attached hydrogens (tertiary/aromatic N) is 2. The highest BCUT2D eigenvalue weighted by atomic mass is 127. The number of amides is 1. The van der Waals surface area contributed by atoms with E-state index in [1.807, 2.05) is 24.3 Å². The molecule has 5 heteroatoms. The molecule has 0 aromatic heterocycles. The van der Waals surface area contributed by atoms with Crippen molar-refractivity contribution < 1.29 is 4.79 Å². The molecule has 0 radical (unpaired) electrons. The number of hydrogen-bond acceptors (Lipinski definition) is 3. The van der Waals surface area contributed by atoms with Gasteiger partial charge in [-0.2, -0.15) is 5.26 Å². The lowest BCUT2D eigenvalue weighted by atomic mass is 10.1. The van der Waals surface area contributed by atoms with Crippen LogP contribution in [-0.2, 0) is 11.2 Å². The summed E-state index contributed by atoms with van der Waals surface area (Å²) in [5.41, 5.74) is 7.03. The van der Waals surface area contributed by atoms with Crippen molar-refractivity contribution in [1.29, 1.82) is 5.26 Å². The number of rotatable bonds is 3. The van der Waals surface area contributed by atoms with Gasteiger partial charge in [0.05, 0.1) is 12.1 Å². The number of nitriles is 1. The van der Waals surface area contributed by atoms with E-state index in [1.54, 1.807) is 4.90 Å². The third-order valence-electron chi connectivity index (χ3n) is 3.37. The number of benzene rings is 1.